The molecule has 0 atom stereocenters. The van der Waals surface area contributed by atoms with Crippen LogP contribution in [0.25, 0.3) is 0 Å². The molecule has 2 heterocycles. The van der Waals surface area contributed by atoms with Crippen LogP contribution in [0.2, 0.25) is 0 Å². The SMILES string of the molecule is COCCOc1ccc(NC(=O)Cc2c(C)nn(C)c2C)cn1. The van der Waals surface area contributed by atoms with Gasteiger partial charge in [-0.2, -0.15) is 5.10 Å². The highest BCUT2D eigenvalue weighted by atomic mass is 16.5. The second-order valence-electron chi connectivity index (χ2n) is 5.22. The minimum Gasteiger partial charge on any atom is -0.475 e. The number of hydrogen-bond acceptors (Lipinski definition) is 5. The lowest BCUT2D eigenvalue weighted by molar-refractivity contribution is -0.115. The van der Waals surface area contributed by atoms with Gasteiger partial charge in [0.1, 0.15) is 6.61 Å². The van der Waals surface area contributed by atoms with Crippen molar-refractivity contribution in [3.05, 3.63) is 35.3 Å². The van der Waals surface area contributed by atoms with Crippen LogP contribution in [0.5, 0.6) is 5.88 Å². The van der Waals surface area contributed by atoms with E-state index in [9.17, 15) is 4.79 Å². The molecule has 1 N–H and O–H groups in total. The first-order valence-electron chi connectivity index (χ1n) is 7.38. The number of carbonyl (C=O) groups is 1. The Balaban J connectivity index is 1.92. The van der Waals surface area contributed by atoms with Gasteiger partial charge in [0.15, 0.2) is 0 Å². The Labute approximate surface area is 135 Å². The number of aryl methyl sites for hydroxylation is 2. The molecule has 0 fully saturated rings. The van der Waals surface area contributed by atoms with Crippen molar-refractivity contribution in [3.63, 3.8) is 0 Å². The maximum absolute atomic E-state index is 12.2. The number of amides is 1. The van der Waals surface area contributed by atoms with E-state index < -0.39 is 0 Å². The van der Waals surface area contributed by atoms with Gasteiger partial charge in [-0.05, 0) is 19.9 Å². The third kappa shape index (κ3) is 4.53. The van der Waals surface area contributed by atoms with Crippen molar-refractivity contribution in [2.75, 3.05) is 25.6 Å². The molecule has 0 radical (unpaired) electrons. The van der Waals surface area contributed by atoms with Crippen LogP contribution in [0.15, 0.2) is 18.3 Å². The fraction of sp³-hybridized carbons (Fsp3) is 0.438. The largest absolute Gasteiger partial charge is 0.475 e. The van der Waals surface area contributed by atoms with Gasteiger partial charge in [0.2, 0.25) is 11.8 Å². The second kappa shape index (κ2) is 7.73. The topological polar surface area (TPSA) is 78.3 Å². The van der Waals surface area contributed by atoms with Crippen molar-refractivity contribution in [2.45, 2.75) is 20.3 Å². The summed E-state index contributed by atoms with van der Waals surface area (Å²) in [5.41, 5.74) is 3.46. The smallest absolute Gasteiger partial charge is 0.228 e. The van der Waals surface area contributed by atoms with E-state index in [2.05, 4.69) is 15.4 Å². The molecule has 124 valence electrons. The molecule has 2 aromatic rings. The Morgan fingerprint density at radius 2 is 2.09 bits per heavy atom. The number of hydrogen-bond donors (Lipinski definition) is 1. The molecule has 0 aromatic carbocycles. The average molecular weight is 318 g/mol. The summed E-state index contributed by atoms with van der Waals surface area (Å²) in [5, 5.41) is 7.15. The average Bonchev–Trinajstić information content (AvgIpc) is 2.76. The molecule has 7 nitrogen and oxygen atoms in total. The fourth-order valence-electron chi connectivity index (χ4n) is 2.21. The third-order valence-corrected chi connectivity index (χ3v) is 3.55. The van der Waals surface area contributed by atoms with Crippen LogP contribution in [0, 0.1) is 13.8 Å². The van der Waals surface area contributed by atoms with Gasteiger partial charge >= 0.3 is 0 Å². The summed E-state index contributed by atoms with van der Waals surface area (Å²) in [7, 11) is 3.48. The normalized spacial score (nSPS) is 10.6. The van der Waals surface area contributed by atoms with E-state index in [0.717, 1.165) is 17.0 Å². The summed E-state index contributed by atoms with van der Waals surface area (Å²) in [5.74, 6) is 0.401. The molecule has 0 spiro atoms. The lowest BCUT2D eigenvalue weighted by atomic mass is 10.1. The summed E-state index contributed by atoms with van der Waals surface area (Å²) in [4.78, 5) is 16.3. The minimum atomic E-state index is -0.0981. The molecule has 2 rings (SSSR count). The van der Waals surface area contributed by atoms with E-state index in [1.165, 1.54) is 0 Å². The van der Waals surface area contributed by atoms with Gasteiger partial charge in [0, 0.05) is 31.5 Å². The molecule has 0 bridgehead atoms. The van der Waals surface area contributed by atoms with Gasteiger partial charge in [-0.25, -0.2) is 4.98 Å². The molecular formula is C16H22N4O3. The van der Waals surface area contributed by atoms with E-state index in [0.29, 0.717) is 24.8 Å². The molecule has 0 aliphatic heterocycles. The number of carbonyl (C=O) groups excluding carboxylic acids is 1. The summed E-state index contributed by atoms with van der Waals surface area (Å²) in [6.07, 6.45) is 1.86. The first-order valence-corrected chi connectivity index (χ1v) is 7.38. The Morgan fingerprint density at radius 1 is 1.30 bits per heavy atom. The summed E-state index contributed by atoms with van der Waals surface area (Å²) < 4.78 is 12.1. The lowest BCUT2D eigenvalue weighted by Crippen LogP contribution is -2.15. The first-order chi connectivity index (χ1) is 11.0. The molecule has 0 aliphatic carbocycles. The van der Waals surface area contributed by atoms with Gasteiger partial charge < -0.3 is 14.8 Å². The Bertz CT molecular complexity index is 665. The lowest BCUT2D eigenvalue weighted by Gasteiger charge is -2.07. The fourth-order valence-corrected chi connectivity index (χ4v) is 2.21. The number of pyridine rings is 1. The number of nitrogens with zero attached hydrogens (tertiary/aromatic N) is 3. The maximum Gasteiger partial charge on any atom is 0.228 e. The monoisotopic (exact) mass is 318 g/mol. The van der Waals surface area contributed by atoms with Crippen molar-refractivity contribution in [2.24, 2.45) is 7.05 Å². The number of anilines is 1. The Hall–Kier alpha value is -2.41. The molecule has 23 heavy (non-hydrogen) atoms. The number of aromatic nitrogens is 3. The standard InChI is InChI=1S/C16H22N4O3/c1-11-14(12(2)20(3)19-11)9-15(21)18-13-5-6-16(17-10-13)23-8-7-22-4/h5-6,10H,7-9H2,1-4H3,(H,18,21). The van der Waals surface area contributed by atoms with Crippen LogP contribution in [0.1, 0.15) is 17.0 Å². The predicted octanol–water partition coefficient (Wildman–Crippen LogP) is 1.64. The van der Waals surface area contributed by atoms with Gasteiger partial charge in [-0.3, -0.25) is 9.48 Å². The molecule has 0 saturated carbocycles. The van der Waals surface area contributed by atoms with Crippen LogP contribution >= 0.6 is 0 Å². The van der Waals surface area contributed by atoms with E-state index >= 15 is 0 Å². The molecule has 1 amide bonds. The molecule has 0 saturated heterocycles. The van der Waals surface area contributed by atoms with E-state index in [1.807, 2.05) is 20.9 Å². The second-order valence-corrected chi connectivity index (χ2v) is 5.22. The van der Waals surface area contributed by atoms with Crippen molar-refractivity contribution in [1.29, 1.82) is 0 Å². The summed E-state index contributed by atoms with van der Waals surface area (Å²) in [6, 6.07) is 3.47. The third-order valence-electron chi connectivity index (χ3n) is 3.55. The van der Waals surface area contributed by atoms with E-state index in [4.69, 9.17) is 9.47 Å². The van der Waals surface area contributed by atoms with Crippen LogP contribution in [0.4, 0.5) is 5.69 Å². The zero-order valence-corrected chi connectivity index (χ0v) is 13.9. The molecular weight excluding hydrogens is 296 g/mol. The van der Waals surface area contributed by atoms with Crippen molar-refractivity contribution in [1.82, 2.24) is 14.8 Å². The van der Waals surface area contributed by atoms with E-state index in [-0.39, 0.29) is 12.3 Å². The number of nitrogens with one attached hydrogen (secondary N) is 1. The van der Waals surface area contributed by atoms with Crippen molar-refractivity contribution >= 4 is 11.6 Å². The highest BCUT2D eigenvalue weighted by molar-refractivity contribution is 5.92. The van der Waals surface area contributed by atoms with Crippen molar-refractivity contribution < 1.29 is 14.3 Å². The molecule has 0 unspecified atom stereocenters. The zero-order chi connectivity index (χ0) is 16.8. The van der Waals surface area contributed by atoms with E-state index in [1.54, 1.807) is 30.1 Å². The first kappa shape index (κ1) is 17.0. The maximum atomic E-state index is 12.2. The van der Waals surface area contributed by atoms with Crippen LogP contribution < -0.4 is 10.1 Å². The number of rotatable bonds is 7. The van der Waals surface area contributed by atoms with Gasteiger partial charge in [-0.15, -0.1) is 0 Å². The highest BCUT2D eigenvalue weighted by Crippen LogP contribution is 2.15. The predicted molar refractivity (Wildman–Crippen MR) is 86.6 cm³/mol. The zero-order valence-electron chi connectivity index (χ0n) is 13.9. The van der Waals surface area contributed by atoms with Crippen molar-refractivity contribution in [3.8, 4) is 5.88 Å². The molecule has 0 aliphatic rings. The van der Waals surface area contributed by atoms with Gasteiger partial charge in [0.25, 0.3) is 0 Å². The minimum absolute atomic E-state index is 0.0981. The van der Waals surface area contributed by atoms with Gasteiger partial charge in [0.05, 0.1) is 30.6 Å². The van der Waals surface area contributed by atoms with Gasteiger partial charge in [-0.1, -0.05) is 0 Å². The van der Waals surface area contributed by atoms with Crippen LogP contribution in [-0.2, 0) is 23.0 Å². The Morgan fingerprint density at radius 3 is 2.65 bits per heavy atom. The quantitative estimate of drug-likeness (QED) is 0.785. The number of ether oxygens (including phenoxy) is 2. The highest BCUT2D eigenvalue weighted by Gasteiger charge is 2.13. The van der Waals surface area contributed by atoms with Crippen LogP contribution in [0.3, 0.4) is 0 Å². The number of methoxy groups -OCH3 is 1. The summed E-state index contributed by atoms with van der Waals surface area (Å²) >= 11 is 0. The molecule has 2 aromatic heterocycles. The Kier molecular flexibility index (Phi) is 5.70. The molecule has 7 heteroatoms. The summed E-state index contributed by atoms with van der Waals surface area (Å²) in [6.45, 7) is 4.80. The van der Waals surface area contributed by atoms with Crippen LogP contribution in [-0.4, -0.2) is 41.0 Å².